The van der Waals surface area contributed by atoms with Gasteiger partial charge in [-0.1, -0.05) is 0 Å². The fraction of sp³-hybridized carbons (Fsp3) is 0.231. The van der Waals surface area contributed by atoms with E-state index in [1.165, 1.54) is 12.1 Å². The summed E-state index contributed by atoms with van der Waals surface area (Å²) >= 11 is 5.30. The molecule has 0 fully saturated rings. The van der Waals surface area contributed by atoms with Gasteiger partial charge in [-0.05, 0) is 37.3 Å². The second-order valence-corrected chi connectivity index (χ2v) is 4.94. The van der Waals surface area contributed by atoms with Gasteiger partial charge in [-0.2, -0.15) is 5.10 Å². The molecule has 0 aliphatic carbocycles. The number of aromatic amines is 1. The van der Waals surface area contributed by atoms with Crippen LogP contribution in [0.4, 0.5) is 4.39 Å². The molecule has 2 heterocycles. The largest absolute Gasteiger partial charge is 0.331 e. The van der Waals surface area contributed by atoms with Crippen molar-refractivity contribution < 1.29 is 4.39 Å². The summed E-state index contributed by atoms with van der Waals surface area (Å²) in [5, 5.41) is 4.21. The first-order chi connectivity index (χ1) is 9.06. The molecule has 0 saturated carbocycles. The highest BCUT2D eigenvalue weighted by atomic mass is 32.1. The van der Waals surface area contributed by atoms with E-state index in [0.717, 1.165) is 22.3 Å². The molecule has 0 spiro atoms. The zero-order valence-electron chi connectivity index (χ0n) is 10.6. The van der Waals surface area contributed by atoms with Gasteiger partial charge in [-0.15, -0.1) is 0 Å². The van der Waals surface area contributed by atoms with Crippen LogP contribution in [0.5, 0.6) is 0 Å². The van der Waals surface area contributed by atoms with Gasteiger partial charge in [0.05, 0.1) is 23.8 Å². The van der Waals surface area contributed by atoms with Crippen molar-refractivity contribution in [1.29, 1.82) is 0 Å². The van der Waals surface area contributed by atoms with E-state index in [1.807, 2.05) is 29.4 Å². The molecule has 3 rings (SSSR count). The minimum atomic E-state index is -0.266. The molecule has 0 aliphatic rings. The third kappa shape index (κ3) is 1.98. The molecule has 1 N–H and O–H groups in total. The van der Waals surface area contributed by atoms with Gasteiger partial charge < -0.3 is 9.55 Å². The Morgan fingerprint density at radius 1 is 1.42 bits per heavy atom. The molecule has 0 radical (unpaired) electrons. The molecule has 0 atom stereocenters. The maximum atomic E-state index is 13.4. The molecule has 0 unspecified atom stereocenters. The lowest BCUT2D eigenvalue weighted by atomic mass is 10.2. The first-order valence-corrected chi connectivity index (χ1v) is 6.32. The Morgan fingerprint density at radius 2 is 2.21 bits per heavy atom. The number of benzene rings is 1. The molecule has 19 heavy (non-hydrogen) atoms. The lowest BCUT2D eigenvalue weighted by Gasteiger charge is -2.04. The summed E-state index contributed by atoms with van der Waals surface area (Å²) in [6.45, 7) is 2.59. The van der Waals surface area contributed by atoms with Crippen LogP contribution in [0.15, 0.2) is 24.4 Å². The monoisotopic (exact) mass is 276 g/mol. The summed E-state index contributed by atoms with van der Waals surface area (Å²) in [7, 11) is 1.90. The van der Waals surface area contributed by atoms with Crippen LogP contribution in [0, 0.1) is 17.5 Å². The predicted molar refractivity (Wildman–Crippen MR) is 74.1 cm³/mol. The number of hydrogen-bond acceptors (Lipinski definition) is 2. The van der Waals surface area contributed by atoms with Crippen molar-refractivity contribution >= 4 is 23.3 Å². The van der Waals surface area contributed by atoms with Crippen molar-refractivity contribution in [3.05, 3.63) is 46.2 Å². The summed E-state index contributed by atoms with van der Waals surface area (Å²) in [5.74, 6) is -0.266. The molecule has 0 aliphatic heterocycles. The lowest BCUT2D eigenvalue weighted by molar-refractivity contribution is 0.628. The van der Waals surface area contributed by atoms with E-state index in [2.05, 4.69) is 10.1 Å². The van der Waals surface area contributed by atoms with Gasteiger partial charge in [0.25, 0.3) is 0 Å². The van der Waals surface area contributed by atoms with Crippen molar-refractivity contribution in [3.8, 4) is 0 Å². The molecule has 98 valence electrons. The molecule has 0 saturated heterocycles. The predicted octanol–water partition coefficient (Wildman–Crippen LogP) is 2.93. The van der Waals surface area contributed by atoms with E-state index in [4.69, 9.17) is 12.2 Å². The van der Waals surface area contributed by atoms with E-state index in [9.17, 15) is 4.39 Å². The number of fused-ring (bicyclic) bond motifs is 1. The smallest absolute Gasteiger partial charge is 0.178 e. The minimum Gasteiger partial charge on any atom is -0.331 e. The quantitative estimate of drug-likeness (QED) is 0.731. The Balaban J connectivity index is 2.15. The van der Waals surface area contributed by atoms with E-state index in [1.54, 1.807) is 6.07 Å². The number of nitrogens with zero attached hydrogens (tertiary/aromatic N) is 3. The van der Waals surface area contributed by atoms with E-state index in [0.29, 0.717) is 11.3 Å². The molecule has 0 bridgehead atoms. The van der Waals surface area contributed by atoms with Crippen LogP contribution in [0.25, 0.3) is 11.0 Å². The number of halogens is 1. The third-order valence-electron chi connectivity index (χ3n) is 3.40. The van der Waals surface area contributed by atoms with Crippen molar-refractivity contribution in [3.63, 3.8) is 0 Å². The second-order valence-electron chi connectivity index (χ2n) is 4.56. The number of aromatic nitrogens is 4. The first kappa shape index (κ1) is 12.1. The highest BCUT2D eigenvalue weighted by Crippen LogP contribution is 2.18. The van der Waals surface area contributed by atoms with Gasteiger partial charge in [0, 0.05) is 18.3 Å². The summed E-state index contributed by atoms with van der Waals surface area (Å²) in [4.78, 5) is 3.08. The van der Waals surface area contributed by atoms with Crippen molar-refractivity contribution in [1.82, 2.24) is 19.3 Å². The topological polar surface area (TPSA) is 38.5 Å². The third-order valence-corrected chi connectivity index (χ3v) is 3.73. The lowest BCUT2D eigenvalue weighted by Crippen LogP contribution is -2.01. The standard InChI is InChI=1S/C13H13FN4S/c1-8-9(6-15-17(8)2)7-18-12-5-10(14)3-4-11(12)16-13(18)19/h3-6H,7H2,1-2H3,(H,16,19). The Labute approximate surface area is 114 Å². The van der Waals surface area contributed by atoms with Crippen LogP contribution in [-0.4, -0.2) is 19.3 Å². The maximum absolute atomic E-state index is 13.4. The van der Waals surface area contributed by atoms with Gasteiger partial charge in [0.1, 0.15) is 5.82 Å². The van der Waals surface area contributed by atoms with Crippen molar-refractivity contribution in [2.75, 3.05) is 0 Å². The number of rotatable bonds is 2. The van der Waals surface area contributed by atoms with Crippen LogP contribution in [0.2, 0.25) is 0 Å². The van der Waals surface area contributed by atoms with Crippen LogP contribution in [0.1, 0.15) is 11.3 Å². The normalized spacial score (nSPS) is 11.3. The average Bonchev–Trinajstić information content (AvgIpc) is 2.85. The van der Waals surface area contributed by atoms with Crippen molar-refractivity contribution in [2.45, 2.75) is 13.5 Å². The zero-order valence-corrected chi connectivity index (χ0v) is 11.5. The van der Waals surface area contributed by atoms with E-state index >= 15 is 0 Å². The number of imidazole rings is 1. The van der Waals surface area contributed by atoms with Gasteiger partial charge >= 0.3 is 0 Å². The van der Waals surface area contributed by atoms with Gasteiger partial charge in [0.15, 0.2) is 4.77 Å². The molecule has 3 aromatic rings. The van der Waals surface area contributed by atoms with Gasteiger partial charge in [0.2, 0.25) is 0 Å². The summed E-state index contributed by atoms with van der Waals surface area (Å²) in [6, 6.07) is 4.62. The number of aryl methyl sites for hydroxylation is 1. The highest BCUT2D eigenvalue weighted by Gasteiger charge is 2.09. The van der Waals surface area contributed by atoms with Gasteiger partial charge in [-0.3, -0.25) is 4.68 Å². The van der Waals surface area contributed by atoms with Crippen LogP contribution in [-0.2, 0) is 13.6 Å². The Hall–Kier alpha value is -1.95. The average molecular weight is 276 g/mol. The summed E-state index contributed by atoms with van der Waals surface area (Å²) < 4.78 is 17.7. The Morgan fingerprint density at radius 3 is 2.89 bits per heavy atom. The maximum Gasteiger partial charge on any atom is 0.178 e. The molecular formula is C13H13FN4S. The molecule has 6 heteroatoms. The van der Waals surface area contributed by atoms with Crippen LogP contribution < -0.4 is 0 Å². The minimum absolute atomic E-state index is 0.266. The fourth-order valence-corrected chi connectivity index (χ4v) is 2.43. The Kier molecular flexibility index (Phi) is 2.74. The molecular weight excluding hydrogens is 263 g/mol. The highest BCUT2D eigenvalue weighted by molar-refractivity contribution is 7.71. The van der Waals surface area contributed by atoms with E-state index < -0.39 is 0 Å². The fourth-order valence-electron chi connectivity index (χ4n) is 2.15. The molecule has 2 aromatic heterocycles. The molecule has 0 amide bonds. The molecule has 4 nitrogen and oxygen atoms in total. The number of nitrogens with one attached hydrogen (secondary N) is 1. The second kappa shape index (κ2) is 4.31. The summed E-state index contributed by atoms with van der Waals surface area (Å²) in [5.41, 5.74) is 3.76. The SMILES string of the molecule is Cc1c(Cn2c(=S)[nH]c3ccc(F)cc32)cnn1C. The van der Waals surface area contributed by atoms with E-state index in [-0.39, 0.29) is 5.82 Å². The Bertz CT molecular complexity index is 812. The molecule has 1 aromatic carbocycles. The number of H-pyrrole nitrogens is 1. The first-order valence-electron chi connectivity index (χ1n) is 5.92. The van der Waals surface area contributed by atoms with Crippen LogP contribution in [0.3, 0.4) is 0 Å². The van der Waals surface area contributed by atoms with Crippen LogP contribution >= 0.6 is 12.2 Å². The van der Waals surface area contributed by atoms with Gasteiger partial charge in [-0.25, -0.2) is 4.39 Å². The zero-order chi connectivity index (χ0) is 13.6. The summed E-state index contributed by atoms with van der Waals surface area (Å²) in [6.07, 6.45) is 1.81. The van der Waals surface area contributed by atoms with Crippen molar-refractivity contribution in [2.24, 2.45) is 7.05 Å². The number of hydrogen-bond donors (Lipinski definition) is 1.